The summed E-state index contributed by atoms with van der Waals surface area (Å²) in [5, 5.41) is 37.9. The Morgan fingerprint density at radius 2 is 2.09 bits per heavy atom. The molecule has 10 nitrogen and oxygen atoms in total. The van der Waals surface area contributed by atoms with E-state index in [1.165, 1.54) is 0 Å². The van der Waals surface area contributed by atoms with Crippen molar-refractivity contribution in [1.82, 2.24) is 15.0 Å². The summed E-state index contributed by atoms with van der Waals surface area (Å²) < 4.78 is 10.4. The van der Waals surface area contributed by atoms with E-state index in [4.69, 9.17) is 21.1 Å². The summed E-state index contributed by atoms with van der Waals surface area (Å²) in [6.07, 6.45) is 1.26. The van der Waals surface area contributed by atoms with E-state index in [2.05, 4.69) is 37.4 Å². The first-order chi connectivity index (χ1) is 15.8. The van der Waals surface area contributed by atoms with Crippen molar-refractivity contribution in [3.63, 3.8) is 0 Å². The highest BCUT2D eigenvalue weighted by atomic mass is 35.5. The third kappa shape index (κ3) is 4.43. The van der Waals surface area contributed by atoms with Gasteiger partial charge in [-0.2, -0.15) is 9.97 Å². The van der Waals surface area contributed by atoms with Gasteiger partial charge >= 0.3 is 0 Å². The Morgan fingerprint density at radius 3 is 2.73 bits per heavy atom. The number of methoxy groups -OCH3 is 1. The van der Waals surface area contributed by atoms with Gasteiger partial charge in [-0.1, -0.05) is 23.4 Å². The van der Waals surface area contributed by atoms with Crippen molar-refractivity contribution in [3.05, 3.63) is 34.6 Å². The van der Waals surface area contributed by atoms with Gasteiger partial charge in [-0.05, 0) is 25.8 Å². The zero-order valence-electron chi connectivity index (χ0n) is 18.3. The molecular formula is C22H26ClN5O5. The van der Waals surface area contributed by atoms with Crippen molar-refractivity contribution in [2.24, 2.45) is 5.92 Å². The maximum atomic E-state index is 11.1. The highest BCUT2D eigenvalue weighted by Gasteiger charge is 2.78. The number of nitrogens with one attached hydrogen (secondary N) is 2. The molecule has 2 aromatic heterocycles. The molecule has 0 radical (unpaired) electrons. The van der Waals surface area contributed by atoms with Crippen LogP contribution < -0.4 is 15.4 Å². The summed E-state index contributed by atoms with van der Waals surface area (Å²) in [6, 6.07) is 3.46. The maximum absolute atomic E-state index is 11.1. The van der Waals surface area contributed by atoms with Crippen molar-refractivity contribution in [2.75, 3.05) is 37.5 Å². The first kappa shape index (κ1) is 23.5. The molecule has 2 heterocycles. The standard InChI is InChI=1S/C22H26ClN5O5/c1-3-33-16-7-5-13(12-25-16)4-6-14-18(23)26-20(24-10-11-32-2)27-19(14)28-21(30)9-8-15-17(29)22(15,21)31/h5,7,12,15,17,29-31H,3,8-11H2,1-2H3,(H2,24,26,27,28). The van der Waals surface area contributed by atoms with Crippen LogP contribution in [-0.4, -0.2) is 74.6 Å². The lowest BCUT2D eigenvalue weighted by Gasteiger charge is -2.32. The molecule has 2 aliphatic rings. The van der Waals surface area contributed by atoms with Gasteiger partial charge in [0.25, 0.3) is 0 Å². The van der Waals surface area contributed by atoms with Crippen molar-refractivity contribution in [1.29, 1.82) is 0 Å². The van der Waals surface area contributed by atoms with E-state index in [0.29, 0.717) is 37.6 Å². The molecule has 33 heavy (non-hydrogen) atoms. The van der Waals surface area contributed by atoms with Crippen LogP contribution in [0.2, 0.25) is 5.15 Å². The number of rotatable bonds is 8. The quantitative estimate of drug-likeness (QED) is 0.162. The number of aromatic nitrogens is 3. The lowest BCUT2D eigenvalue weighted by Crippen LogP contribution is -2.51. The monoisotopic (exact) mass is 475 g/mol. The number of pyridine rings is 1. The number of halogens is 1. The molecule has 0 amide bonds. The van der Waals surface area contributed by atoms with Gasteiger partial charge in [-0.25, -0.2) is 4.98 Å². The maximum Gasteiger partial charge on any atom is 0.226 e. The Labute approximate surface area is 196 Å². The van der Waals surface area contributed by atoms with Gasteiger partial charge < -0.3 is 35.4 Å². The summed E-state index contributed by atoms with van der Waals surface area (Å²) in [4.78, 5) is 12.8. The molecule has 2 aromatic rings. The van der Waals surface area contributed by atoms with E-state index in [-0.39, 0.29) is 28.9 Å². The van der Waals surface area contributed by atoms with Crippen LogP contribution in [0.4, 0.5) is 11.8 Å². The number of ether oxygens (including phenoxy) is 2. The highest BCUT2D eigenvalue weighted by Crippen LogP contribution is 2.60. The van der Waals surface area contributed by atoms with Gasteiger partial charge in [0.15, 0.2) is 16.7 Å². The van der Waals surface area contributed by atoms with E-state index in [1.807, 2.05) is 6.92 Å². The van der Waals surface area contributed by atoms with Crippen molar-refractivity contribution >= 4 is 23.4 Å². The second-order valence-electron chi connectivity index (χ2n) is 7.95. The summed E-state index contributed by atoms with van der Waals surface area (Å²) in [5.41, 5.74) is -2.59. The summed E-state index contributed by atoms with van der Waals surface area (Å²) in [5.74, 6) is 6.32. The molecule has 4 atom stereocenters. The zero-order chi connectivity index (χ0) is 23.6. The molecular weight excluding hydrogens is 450 g/mol. The lowest BCUT2D eigenvalue weighted by molar-refractivity contribution is -0.0852. The first-order valence-electron chi connectivity index (χ1n) is 10.6. The van der Waals surface area contributed by atoms with Crippen LogP contribution in [0.25, 0.3) is 0 Å². The van der Waals surface area contributed by atoms with Crippen molar-refractivity contribution in [3.8, 4) is 17.7 Å². The van der Waals surface area contributed by atoms with Crippen LogP contribution in [-0.2, 0) is 4.74 Å². The van der Waals surface area contributed by atoms with E-state index in [9.17, 15) is 15.3 Å². The first-order valence-corrected chi connectivity index (χ1v) is 11.0. The average molecular weight is 476 g/mol. The Kier molecular flexibility index (Phi) is 6.61. The summed E-state index contributed by atoms with van der Waals surface area (Å²) in [6.45, 7) is 3.24. The largest absolute Gasteiger partial charge is 0.478 e. The lowest BCUT2D eigenvalue weighted by atomic mass is 10.0. The molecule has 0 aromatic carbocycles. The minimum Gasteiger partial charge on any atom is -0.478 e. The summed E-state index contributed by atoms with van der Waals surface area (Å²) in [7, 11) is 1.57. The number of nitrogens with zero attached hydrogens (tertiary/aromatic N) is 3. The van der Waals surface area contributed by atoms with Crippen LogP contribution in [0, 0.1) is 17.8 Å². The molecule has 5 N–H and O–H groups in total. The molecule has 0 saturated heterocycles. The number of aliphatic hydroxyl groups excluding tert-OH is 1. The van der Waals surface area contributed by atoms with Gasteiger partial charge in [0.1, 0.15) is 11.2 Å². The smallest absolute Gasteiger partial charge is 0.226 e. The third-order valence-electron chi connectivity index (χ3n) is 5.91. The van der Waals surface area contributed by atoms with Crippen LogP contribution in [0.5, 0.6) is 5.88 Å². The molecule has 4 rings (SSSR count). The summed E-state index contributed by atoms with van der Waals surface area (Å²) >= 11 is 6.43. The fourth-order valence-electron chi connectivity index (χ4n) is 4.08. The Balaban J connectivity index is 1.66. The second kappa shape index (κ2) is 9.29. The van der Waals surface area contributed by atoms with Crippen LogP contribution in [0.15, 0.2) is 18.3 Å². The zero-order valence-corrected chi connectivity index (χ0v) is 19.1. The van der Waals surface area contributed by atoms with Crippen LogP contribution in [0.1, 0.15) is 30.9 Å². The minimum atomic E-state index is -1.78. The highest BCUT2D eigenvalue weighted by molar-refractivity contribution is 6.31. The number of fused-ring (bicyclic) bond motifs is 1. The number of anilines is 2. The molecule has 11 heteroatoms. The fraction of sp³-hybridized carbons (Fsp3) is 0.500. The molecule has 2 saturated carbocycles. The van der Waals surface area contributed by atoms with Crippen molar-refractivity contribution in [2.45, 2.75) is 37.2 Å². The second-order valence-corrected chi connectivity index (χ2v) is 8.31. The predicted octanol–water partition coefficient (Wildman–Crippen LogP) is 0.998. The predicted molar refractivity (Wildman–Crippen MR) is 121 cm³/mol. The SMILES string of the molecule is CCOc1ccc(C#Cc2c(Cl)nc(NCCOC)nc2NC2(O)CCC3C(O)C32O)cn1. The molecule has 176 valence electrons. The van der Waals surface area contributed by atoms with E-state index >= 15 is 0 Å². The molecule has 0 bridgehead atoms. The molecule has 2 aliphatic carbocycles. The Bertz CT molecular complexity index is 1080. The normalized spacial score (nSPS) is 27.3. The molecule has 0 aliphatic heterocycles. The third-order valence-corrected chi connectivity index (χ3v) is 6.18. The Morgan fingerprint density at radius 1 is 1.27 bits per heavy atom. The van der Waals surface area contributed by atoms with Gasteiger partial charge in [0.2, 0.25) is 11.8 Å². The Hall–Kier alpha value is -2.68. The molecule has 0 spiro atoms. The van der Waals surface area contributed by atoms with Crippen LogP contribution >= 0.6 is 11.6 Å². The number of hydrogen-bond donors (Lipinski definition) is 5. The minimum absolute atomic E-state index is 0.0558. The van der Waals surface area contributed by atoms with Gasteiger partial charge in [0.05, 0.1) is 19.3 Å². The van der Waals surface area contributed by atoms with Gasteiger partial charge in [-0.3, -0.25) is 0 Å². The van der Waals surface area contributed by atoms with E-state index < -0.39 is 23.3 Å². The van der Waals surface area contributed by atoms with Gasteiger partial charge in [0, 0.05) is 37.4 Å². The average Bonchev–Trinajstić information content (AvgIpc) is 3.22. The molecule has 2 fully saturated rings. The van der Waals surface area contributed by atoms with E-state index in [0.717, 1.165) is 0 Å². The van der Waals surface area contributed by atoms with Gasteiger partial charge in [-0.15, -0.1) is 0 Å². The fourth-order valence-corrected chi connectivity index (χ4v) is 4.29. The van der Waals surface area contributed by atoms with Crippen LogP contribution in [0.3, 0.4) is 0 Å². The topological polar surface area (TPSA) is 142 Å². The van der Waals surface area contributed by atoms with Crippen molar-refractivity contribution < 1.29 is 24.8 Å². The number of hydrogen-bond acceptors (Lipinski definition) is 10. The number of aliphatic hydroxyl groups is 3. The van der Waals surface area contributed by atoms with E-state index in [1.54, 1.807) is 25.4 Å². The molecule has 4 unspecified atom stereocenters.